The zero-order chi connectivity index (χ0) is 19.7. The topological polar surface area (TPSA) is 75.6 Å². The minimum atomic E-state index is -0.314. The number of amides is 1. The second kappa shape index (κ2) is 7.26. The first kappa shape index (κ1) is 17.9. The Balaban J connectivity index is 1.57. The van der Waals surface area contributed by atoms with Crippen molar-refractivity contribution in [2.24, 2.45) is 0 Å². The van der Waals surface area contributed by atoms with Gasteiger partial charge in [-0.25, -0.2) is 14.1 Å². The van der Waals surface area contributed by atoms with E-state index in [-0.39, 0.29) is 24.2 Å². The molecule has 2 aromatic carbocycles. The van der Waals surface area contributed by atoms with Crippen LogP contribution in [0.2, 0.25) is 0 Å². The van der Waals surface area contributed by atoms with Gasteiger partial charge < -0.3 is 10.3 Å². The Labute approximate surface area is 161 Å². The summed E-state index contributed by atoms with van der Waals surface area (Å²) >= 11 is 0. The standard InChI is InChI=1S/C21H20FN5O/c1-13(2)20-16(11-24-27(20)15-9-7-14(22)8-10-15)21(28)23-12-19-25-17-5-3-4-6-18(17)26-19/h3-11,13H,12H2,1-2H3,(H,23,28)(H,25,26). The zero-order valence-electron chi connectivity index (χ0n) is 15.6. The Hall–Kier alpha value is -3.48. The molecule has 0 aliphatic heterocycles. The summed E-state index contributed by atoms with van der Waals surface area (Å²) in [7, 11) is 0. The van der Waals surface area contributed by atoms with Crippen molar-refractivity contribution in [2.45, 2.75) is 26.3 Å². The van der Waals surface area contributed by atoms with Gasteiger partial charge in [-0.2, -0.15) is 5.10 Å². The van der Waals surface area contributed by atoms with Crippen molar-refractivity contribution in [1.29, 1.82) is 0 Å². The summed E-state index contributed by atoms with van der Waals surface area (Å²) < 4.78 is 14.9. The van der Waals surface area contributed by atoms with E-state index >= 15 is 0 Å². The summed E-state index contributed by atoms with van der Waals surface area (Å²) in [5.74, 6) is 0.203. The highest BCUT2D eigenvalue weighted by atomic mass is 19.1. The third-order valence-corrected chi connectivity index (χ3v) is 4.52. The predicted octanol–water partition coefficient (Wildman–Crippen LogP) is 3.94. The lowest BCUT2D eigenvalue weighted by atomic mass is 10.1. The first-order valence-electron chi connectivity index (χ1n) is 9.08. The van der Waals surface area contributed by atoms with E-state index in [9.17, 15) is 9.18 Å². The molecule has 2 aromatic heterocycles. The van der Waals surface area contributed by atoms with Gasteiger partial charge in [-0.1, -0.05) is 26.0 Å². The van der Waals surface area contributed by atoms with Crippen molar-refractivity contribution in [3.8, 4) is 5.69 Å². The largest absolute Gasteiger partial charge is 0.345 e. The Bertz CT molecular complexity index is 1090. The molecule has 0 fully saturated rings. The first-order valence-corrected chi connectivity index (χ1v) is 9.08. The fourth-order valence-electron chi connectivity index (χ4n) is 3.23. The van der Waals surface area contributed by atoms with Crippen LogP contribution in [0.3, 0.4) is 0 Å². The molecule has 0 unspecified atom stereocenters. The average molecular weight is 377 g/mol. The van der Waals surface area contributed by atoms with E-state index < -0.39 is 0 Å². The number of imidazole rings is 1. The number of hydrogen-bond acceptors (Lipinski definition) is 3. The van der Waals surface area contributed by atoms with Crippen molar-refractivity contribution >= 4 is 16.9 Å². The lowest BCUT2D eigenvalue weighted by Gasteiger charge is -2.13. The van der Waals surface area contributed by atoms with Gasteiger partial charge >= 0.3 is 0 Å². The molecule has 4 rings (SSSR count). The highest BCUT2D eigenvalue weighted by Crippen LogP contribution is 2.23. The molecule has 0 bridgehead atoms. The number of carbonyl (C=O) groups is 1. The van der Waals surface area contributed by atoms with Crippen molar-refractivity contribution in [3.05, 3.63) is 77.6 Å². The van der Waals surface area contributed by atoms with Gasteiger partial charge in [-0.3, -0.25) is 4.79 Å². The van der Waals surface area contributed by atoms with Gasteiger partial charge in [0.05, 0.1) is 40.7 Å². The maximum absolute atomic E-state index is 13.2. The number of aromatic amines is 1. The summed E-state index contributed by atoms with van der Waals surface area (Å²) in [4.78, 5) is 20.5. The molecule has 2 heterocycles. The molecule has 142 valence electrons. The molecule has 0 spiro atoms. The minimum absolute atomic E-state index is 0.0551. The molecule has 2 N–H and O–H groups in total. The van der Waals surface area contributed by atoms with Crippen LogP contribution in [-0.2, 0) is 6.54 Å². The number of rotatable bonds is 5. The molecule has 6 nitrogen and oxygen atoms in total. The number of aromatic nitrogens is 4. The first-order chi connectivity index (χ1) is 13.5. The van der Waals surface area contributed by atoms with E-state index in [1.807, 2.05) is 38.1 Å². The van der Waals surface area contributed by atoms with Crippen LogP contribution in [0.5, 0.6) is 0 Å². The SMILES string of the molecule is CC(C)c1c(C(=O)NCc2nc3ccccc3[nH]2)cnn1-c1ccc(F)cc1. The Kier molecular flexibility index (Phi) is 4.65. The van der Waals surface area contributed by atoms with Crippen LogP contribution in [-0.4, -0.2) is 25.7 Å². The molecule has 0 radical (unpaired) electrons. The second-order valence-corrected chi connectivity index (χ2v) is 6.87. The number of halogens is 1. The third-order valence-electron chi connectivity index (χ3n) is 4.52. The Morgan fingerprint density at radius 2 is 1.93 bits per heavy atom. The molecular weight excluding hydrogens is 357 g/mol. The molecule has 28 heavy (non-hydrogen) atoms. The van der Waals surface area contributed by atoms with Crippen molar-refractivity contribution in [3.63, 3.8) is 0 Å². The number of para-hydroxylation sites is 2. The summed E-state index contributed by atoms with van der Waals surface area (Å²) in [6.45, 7) is 4.27. The highest BCUT2D eigenvalue weighted by Gasteiger charge is 2.21. The van der Waals surface area contributed by atoms with E-state index in [4.69, 9.17) is 0 Å². The molecule has 0 aliphatic carbocycles. The van der Waals surface area contributed by atoms with Crippen LogP contribution in [0.4, 0.5) is 4.39 Å². The minimum Gasteiger partial charge on any atom is -0.345 e. The normalized spacial score (nSPS) is 11.3. The summed E-state index contributed by atoms with van der Waals surface area (Å²) in [5, 5.41) is 7.26. The van der Waals surface area contributed by atoms with Gasteiger partial charge in [-0.05, 0) is 42.3 Å². The van der Waals surface area contributed by atoms with Crippen LogP contribution in [0.15, 0.2) is 54.7 Å². The van der Waals surface area contributed by atoms with Gasteiger partial charge in [0.1, 0.15) is 11.6 Å². The van der Waals surface area contributed by atoms with E-state index in [2.05, 4.69) is 20.4 Å². The third kappa shape index (κ3) is 3.38. The molecular formula is C21H20FN5O. The zero-order valence-corrected chi connectivity index (χ0v) is 15.6. The second-order valence-electron chi connectivity index (χ2n) is 6.87. The van der Waals surface area contributed by atoms with Gasteiger partial charge in [0.25, 0.3) is 5.91 Å². The van der Waals surface area contributed by atoms with Gasteiger partial charge in [0, 0.05) is 0 Å². The van der Waals surface area contributed by atoms with Crippen molar-refractivity contribution in [2.75, 3.05) is 0 Å². The smallest absolute Gasteiger partial charge is 0.255 e. The molecule has 0 saturated heterocycles. The quantitative estimate of drug-likeness (QED) is 0.553. The highest BCUT2D eigenvalue weighted by molar-refractivity contribution is 5.95. The predicted molar refractivity (Wildman–Crippen MR) is 105 cm³/mol. The lowest BCUT2D eigenvalue weighted by Crippen LogP contribution is -2.24. The van der Waals surface area contributed by atoms with Crippen LogP contribution < -0.4 is 5.32 Å². The van der Waals surface area contributed by atoms with Gasteiger partial charge in [-0.15, -0.1) is 0 Å². The van der Waals surface area contributed by atoms with Gasteiger partial charge in [0.2, 0.25) is 0 Å². The number of H-pyrrole nitrogens is 1. The molecule has 0 saturated carbocycles. The molecule has 4 aromatic rings. The van der Waals surface area contributed by atoms with E-state index in [1.165, 1.54) is 12.1 Å². The summed E-state index contributed by atoms with van der Waals surface area (Å²) in [5.41, 5.74) is 3.77. The molecule has 0 atom stereocenters. The monoisotopic (exact) mass is 377 g/mol. The Morgan fingerprint density at radius 3 is 2.64 bits per heavy atom. The summed E-state index contributed by atoms with van der Waals surface area (Å²) in [6.07, 6.45) is 1.55. The molecule has 7 heteroatoms. The van der Waals surface area contributed by atoms with E-state index in [0.29, 0.717) is 17.1 Å². The fraction of sp³-hybridized carbons (Fsp3) is 0.190. The number of nitrogens with one attached hydrogen (secondary N) is 2. The number of fused-ring (bicyclic) bond motifs is 1. The van der Waals surface area contributed by atoms with Crippen LogP contribution in [0, 0.1) is 5.82 Å². The maximum atomic E-state index is 13.2. The molecule has 0 aliphatic rings. The number of nitrogens with zero attached hydrogens (tertiary/aromatic N) is 3. The van der Waals surface area contributed by atoms with Crippen LogP contribution in [0.25, 0.3) is 16.7 Å². The van der Waals surface area contributed by atoms with E-state index in [0.717, 1.165) is 16.7 Å². The average Bonchev–Trinajstić information content (AvgIpc) is 3.31. The number of benzene rings is 2. The van der Waals surface area contributed by atoms with Crippen LogP contribution >= 0.6 is 0 Å². The van der Waals surface area contributed by atoms with Crippen molar-refractivity contribution < 1.29 is 9.18 Å². The number of hydrogen-bond donors (Lipinski definition) is 2. The maximum Gasteiger partial charge on any atom is 0.255 e. The van der Waals surface area contributed by atoms with Gasteiger partial charge in [0.15, 0.2) is 0 Å². The lowest BCUT2D eigenvalue weighted by molar-refractivity contribution is 0.0948. The number of carbonyl (C=O) groups excluding carboxylic acids is 1. The van der Waals surface area contributed by atoms with Crippen molar-refractivity contribution in [1.82, 2.24) is 25.1 Å². The van der Waals surface area contributed by atoms with E-state index in [1.54, 1.807) is 23.0 Å². The van der Waals surface area contributed by atoms with Crippen LogP contribution in [0.1, 0.15) is 41.6 Å². The fourth-order valence-corrected chi connectivity index (χ4v) is 3.23. The summed E-state index contributed by atoms with van der Waals surface area (Å²) in [6, 6.07) is 13.8. The Morgan fingerprint density at radius 1 is 1.18 bits per heavy atom. The molecule has 1 amide bonds.